The SMILES string of the molecule is CCOc1c(SC(F)(F)F)c(C#N)nn1-c1c(Cl)cc(OC(F)(F)F)cc1Cl. The summed E-state index contributed by atoms with van der Waals surface area (Å²) in [4.78, 5) is -0.639. The van der Waals surface area contributed by atoms with Crippen LogP contribution in [0.15, 0.2) is 17.0 Å². The molecule has 2 aromatic rings. The number of hydrogen-bond donors (Lipinski definition) is 0. The van der Waals surface area contributed by atoms with Crippen molar-refractivity contribution in [1.82, 2.24) is 9.78 Å². The van der Waals surface area contributed by atoms with Crippen LogP contribution in [-0.4, -0.2) is 28.3 Å². The Morgan fingerprint density at radius 2 is 1.75 bits per heavy atom. The summed E-state index contributed by atoms with van der Waals surface area (Å²) in [7, 11) is 0. The molecule has 5 nitrogen and oxygen atoms in total. The van der Waals surface area contributed by atoms with Crippen molar-refractivity contribution in [2.24, 2.45) is 0 Å². The Balaban J connectivity index is 2.66. The van der Waals surface area contributed by atoms with Crippen LogP contribution in [0.5, 0.6) is 11.6 Å². The zero-order valence-corrected chi connectivity index (χ0v) is 15.8. The summed E-state index contributed by atoms with van der Waals surface area (Å²) in [5, 5.41) is 12.0. The molecule has 1 aromatic heterocycles. The number of nitriles is 1. The third kappa shape index (κ3) is 5.30. The first-order chi connectivity index (χ1) is 12.9. The second kappa shape index (κ2) is 8.18. The molecule has 1 heterocycles. The molecular formula is C14H7Cl2F6N3O2S. The first-order valence-corrected chi connectivity index (χ1v) is 8.60. The van der Waals surface area contributed by atoms with Gasteiger partial charge in [-0.1, -0.05) is 23.2 Å². The number of hydrogen-bond acceptors (Lipinski definition) is 5. The fourth-order valence-corrected chi connectivity index (χ4v) is 3.30. The summed E-state index contributed by atoms with van der Waals surface area (Å²) in [6.45, 7) is 1.36. The van der Waals surface area contributed by atoms with E-state index in [-0.39, 0.29) is 12.3 Å². The summed E-state index contributed by atoms with van der Waals surface area (Å²) >= 11 is 11.3. The van der Waals surface area contributed by atoms with Crippen molar-refractivity contribution in [3.05, 3.63) is 27.9 Å². The van der Waals surface area contributed by atoms with E-state index in [1.54, 1.807) is 0 Å². The Morgan fingerprint density at radius 1 is 1.18 bits per heavy atom. The summed E-state index contributed by atoms with van der Waals surface area (Å²) in [5.41, 5.74) is -5.68. The second-order valence-electron chi connectivity index (χ2n) is 4.77. The Kier molecular flexibility index (Phi) is 6.52. The minimum Gasteiger partial charge on any atom is -0.477 e. The van der Waals surface area contributed by atoms with Gasteiger partial charge in [0.15, 0.2) is 5.69 Å². The van der Waals surface area contributed by atoms with Crippen molar-refractivity contribution in [1.29, 1.82) is 5.26 Å². The highest BCUT2D eigenvalue weighted by atomic mass is 35.5. The molecule has 0 unspecified atom stereocenters. The van der Waals surface area contributed by atoms with E-state index < -0.39 is 55.9 Å². The molecule has 0 amide bonds. The van der Waals surface area contributed by atoms with E-state index in [0.717, 1.165) is 16.8 Å². The van der Waals surface area contributed by atoms with Crippen molar-refractivity contribution in [2.75, 3.05) is 6.61 Å². The van der Waals surface area contributed by atoms with E-state index in [0.29, 0.717) is 0 Å². The molecule has 0 spiro atoms. The molecule has 0 aliphatic heterocycles. The minimum atomic E-state index is -5.01. The summed E-state index contributed by atoms with van der Waals surface area (Å²) < 4.78 is 85.2. The third-order valence-corrected chi connectivity index (χ3v) is 4.22. The number of benzene rings is 1. The molecule has 0 N–H and O–H groups in total. The number of alkyl halides is 6. The van der Waals surface area contributed by atoms with Crippen LogP contribution in [0.2, 0.25) is 10.0 Å². The van der Waals surface area contributed by atoms with Gasteiger partial charge in [0.2, 0.25) is 5.88 Å². The highest BCUT2D eigenvalue weighted by Crippen LogP contribution is 2.46. The van der Waals surface area contributed by atoms with Gasteiger partial charge in [0, 0.05) is 12.1 Å². The maximum Gasteiger partial charge on any atom is 0.573 e. The van der Waals surface area contributed by atoms with Crippen molar-refractivity contribution in [3.63, 3.8) is 0 Å². The van der Waals surface area contributed by atoms with Gasteiger partial charge in [0.05, 0.1) is 16.7 Å². The van der Waals surface area contributed by atoms with Crippen molar-refractivity contribution >= 4 is 35.0 Å². The highest BCUT2D eigenvalue weighted by Gasteiger charge is 2.36. The van der Waals surface area contributed by atoms with Crippen LogP contribution < -0.4 is 9.47 Å². The number of halogens is 8. The van der Waals surface area contributed by atoms with Crippen LogP contribution >= 0.6 is 35.0 Å². The molecular weight excluding hydrogens is 459 g/mol. The number of thioether (sulfide) groups is 1. The monoisotopic (exact) mass is 465 g/mol. The molecule has 0 bridgehead atoms. The van der Waals surface area contributed by atoms with E-state index in [4.69, 9.17) is 33.2 Å². The van der Waals surface area contributed by atoms with Crippen molar-refractivity contribution in [2.45, 2.75) is 23.7 Å². The molecule has 152 valence electrons. The van der Waals surface area contributed by atoms with Gasteiger partial charge in [0.25, 0.3) is 0 Å². The van der Waals surface area contributed by atoms with E-state index in [2.05, 4.69) is 9.84 Å². The Hall–Kier alpha value is -1.97. The molecule has 0 fully saturated rings. The lowest BCUT2D eigenvalue weighted by atomic mass is 10.3. The first kappa shape index (κ1) is 22.3. The van der Waals surface area contributed by atoms with Gasteiger partial charge in [-0.2, -0.15) is 28.2 Å². The highest BCUT2D eigenvalue weighted by molar-refractivity contribution is 8.00. The predicted octanol–water partition coefficient (Wildman–Crippen LogP) is 5.96. The molecule has 14 heteroatoms. The lowest BCUT2D eigenvalue weighted by Gasteiger charge is -2.15. The molecule has 2 rings (SSSR count). The average Bonchev–Trinajstić information content (AvgIpc) is 2.81. The quantitative estimate of drug-likeness (QED) is 0.402. The van der Waals surface area contributed by atoms with Crippen LogP contribution in [0.3, 0.4) is 0 Å². The molecule has 1 aromatic carbocycles. The topological polar surface area (TPSA) is 60.1 Å². The molecule has 0 radical (unpaired) electrons. The van der Waals surface area contributed by atoms with Gasteiger partial charge in [-0.05, 0) is 18.7 Å². The van der Waals surface area contributed by atoms with Crippen LogP contribution in [0.25, 0.3) is 5.69 Å². The van der Waals surface area contributed by atoms with Gasteiger partial charge < -0.3 is 9.47 Å². The lowest BCUT2D eigenvalue weighted by molar-refractivity contribution is -0.274. The summed E-state index contributed by atoms with van der Waals surface area (Å²) in [6, 6.07) is 2.99. The van der Waals surface area contributed by atoms with Crippen molar-refractivity contribution in [3.8, 4) is 23.4 Å². The standard InChI is InChI=1S/C14H7Cl2F6N3O2S/c1-2-26-12-11(28-14(20,21)22)9(5-23)24-25(12)10-7(15)3-6(4-8(10)16)27-13(17,18)19/h3-4H,2H2,1H3. The zero-order chi connectivity index (χ0) is 21.3. The summed E-state index contributed by atoms with van der Waals surface area (Å²) in [5.74, 6) is -1.24. The van der Waals surface area contributed by atoms with E-state index in [1.165, 1.54) is 13.0 Å². The van der Waals surface area contributed by atoms with Gasteiger partial charge in [-0.15, -0.1) is 13.2 Å². The molecule has 0 atom stereocenters. The third-order valence-electron chi connectivity index (χ3n) is 2.84. The van der Waals surface area contributed by atoms with Crippen LogP contribution in [0.4, 0.5) is 26.3 Å². The lowest BCUT2D eigenvalue weighted by Crippen LogP contribution is -2.17. The van der Waals surface area contributed by atoms with Gasteiger partial charge in [-0.3, -0.25) is 0 Å². The van der Waals surface area contributed by atoms with Crippen LogP contribution in [-0.2, 0) is 0 Å². The summed E-state index contributed by atoms with van der Waals surface area (Å²) in [6.07, 6.45) is -5.01. The fraction of sp³-hybridized carbons (Fsp3) is 0.286. The normalized spacial score (nSPS) is 12.0. The predicted molar refractivity (Wildman–Crippen MR) is 88.1 cm³/mol. The fourth-order valence-electron chi connectivity index (χ4n) is 2.02. The number of nitrogens with zero attached hydrogens (tertiary/aromatic N) is 3. The first-order valence-electron chi connectivity index (χ1n) is 7.03. The number of ether oxygens (including phenoxy) is 2. The number of aromatic nitrogens is 2. The van der Waals surface area contributed by atoms with Gasteiger partial charge >= 0.3 is 11.9 Å². The molecule has 0 saturated carbocycles. The molecule has 0 aliphatic rings. The molecule has 28 heavy (non-hydrogen) atoms. The number of rotatable bonds is 5. The Bertz CT molecular complexity index is 901. The maximum absolute atomic E-state index is 12.8. The van der Waals surface area contributed by atoms with E-state index >= 15 is 0 Å². The minimum absolute atomic E-state index is 0.105. The van der Waals surface area contributed by atoms with E-state index in [1.807, 2.05) is 0 Å². The van der Waals surface area contributed by atoms with Gasteiger partial charge in [0.1, 0.15) is 22.4 Å². The van der Waals surface area contributed by atoms with Crippen molar-refractivity contribution < 1.29 is 35.8 Å². The molecule has 0 aliphatic carbocycles. The van der Waals surface area contributed by atoms with E-state index in [9.17, 15) is 26.3 Å². The van der Waals surface area contributed by atoms with Crippen LogP contribution in [0, 0.1) is 11.3 Å². The average molecular weight is 466 g/mol. The zero-order valence-electron chi connectivity index (χ0n) is 13.5. The Morgan fingerprint density at radius 3 is 2.18 bits per heavy atom. The second-order valence-corrected chi connectivity index (χ2v) is 6.66. The molecule has 0 saturated heterocycles. The van der Waals surface area contributed by atoms with Gasteiger partial charge in [-0.25, -0.2) is 0 Å². The van der Waals surface area contributed by atoms with Crippen LogP contribution in [0.1, 0.15) is 12.6 Å². The smallest absolute Gasteiger partial charge is 0.477 e. The largest absolute Gasteiger partial charge is 0.573 e. The maximum atomic E-state index is 12.8. The Labute approximate surface area is 167 Å².